The molecule has 2 unspecified atom stereocenters. The molecule has 3 atom stereocenters. The highest BCUT2D eigenvalue weighted by atomic mass is 32.2. The van der Waals surface area contributed by atoms with Crippen LogP contribution in [0.2, 0.25) is 0 Å². The van der Waals surface area contributed by atoms with E-state index in [1.807, 2.05) is 36.4 Å². The van der Waals surface area contributed by atoms with E-state index in [9.17, 15) is 19.7 Å². The molecular formula is C22H21N3O5S. The summed E-state index contributed by atoms with van der Waals surface area (Å²) in [4.78, 5) is 36.7. The van der Waals surface area contributed by atoms with E-state index in [0.717, 1.165) is 17.3 Å². The number of nitrogens with one attached hydrogen (secondary N) is 1. The van der Waals surface area contributed by atoms with Crippen molar-refractivity contribution in [2.75, 3.05) is 13.2 Å². The summed E-state index contributed by atoms with van der Waals surface area (Å²) < 4.78 is 5.42. The Balaban J connectivity index is 1.45. The summed E-state index contributed by atoms with van der Waals surface area (Å²) in [5.74, 6) is -0.192. The van der Waals surface area contributed by atoms with Crippen LogP contribution < -0.4 is 10.1 Å². The van der Waals surface area contributed by atoms with E-state index in [0.29, 0.717) is 11.3 Å². The maximum Gasteiger partial charge on any atom is 0.295 e. The van der Waals surface area contributed by atoms with Crippen LogP contribution in [0.15, 0.2) is 72.8 Å². The molecule has 0 bridgehead atoms. The fourth-order valence-electron chi connectivity index (χ4n) is 3.73. The molecule has 1 N–H and O–H groups in total. The van der Waals surface area contributed by atoms with Crippen LogP contribution in [-0.4, -0.2) is 51.1 Å². The van der Waals surface area contributed by atoms with Crippen LogP contribution in [0.1, 0.15) is 5.56 Å². The van der Waals surface area contributed by atoms with Crippen LogP contribution >= 0.6 is 11.8 Å². The van der Waals surface area contributed by atoms with Crippen molar-refractivity contribution in [1.29, 1.82) is 0 Å². The maximum absolute atomic E-state index is 12.5. The van der Waals surface area contributed by atoms with Crippen LogP contribution in [0.5, 0.6) is 5.75 Å². The molecule has 4 rings (SSSR count). The predicted molar refractivity (Wildman–Crippen MR) is 116 cm³/mol. The van der Waals surface area contributed by atoms with Crippen LogP contribution in [0.25, 0.3) is 0 Å². The SMILES string of the molecule is C=C1CN2C(=O)C(NC(=O)COc3ccccc3)[C@H]2SC1(Cc1ccccc1)[N+](=O)[O-]. The fraction of sp³-hybridized carbons (Fsp3) is 0.273. The van der Waals surface area contributed by atoms with Gasteiger partial charge in [-0.05, 0) is 29.5 Å². The molecule has 2 saturated heterocycles. The van der Waals surface area contributed by atoms with Crippen molar-refractivity contribution >= 4 is 23.6 Å². The van der Waals surface area contributed by atoms with E-state index < -0.39 is 22.2 Å². The topological polar surface area (TPSA) is 102 Å². The van der Waals surface area contributed by atoms with Gasteiger partial charge in [0.15, 0.2) is 6.61 Å². The van der Waals surface area contributed by atoms with Gasteiger partial charge in [-0.3, -0.25) is 19.7 Å². The van der Waals surface area contributed by atoms with Gasteiger partial charge in [0.05, 0.1) is 13.0 Å². The van der Waals surface area contributed by atoms with Gasteiger partial charge in [0.25, 0.3) is 10.8 Å². The number of amides is 2. The summed E-state index contributed by atoms with van der Waals surface area (Å²) >= 11 is 1.06. The second-order valence-electron chi connectivity index (χ2n) is 7.43. The van der Waals surface area contributed by atoms with Gasteiger partial charge < -0.3 is 15.0 Å². The lowest BCUT2D eigenvalue weighted by atomic mass is 9.96. The highest BCUT2D eigenvalue weighted by Crippen LogP contribution is 2.49. The van der Waals surface area contributed by atoms with Crippen molar-refractivity contribution in [3.8, 4) is 5.75 Å². The zero-order valence-corrected chi connectivity index (χ0v) is 17.4. The summed E-state index contributed by atoms with van der Waals surface area (Å²) in [7, 11) is 0. The molecule has 2 amide bonds. The van der Waals surface area contributed by atoms with Crippen LogP contribution in [0.4, 0.5) is 0 Å². The zero-order valence-electron chi connectivity index (χ0n) is 16.6. The van der Waals surface area contributed by atoms with Crippen molar-refractivity contribution in [2.45, 2.75) is 22.7 Å². The lowest BCUT2D eigenvalue weighted by Crippen LogP contribution is -2.73. The average Bonchev–Trinajstić information content (AvgIpc) is 2.78. The molecule has 0 aliphatic carbocycles. The summed E-state index contributed by atoms with van der Waals surface area (Å²) in [6, 6.07) is 17.2. The number of nitro groups is 1. The third-order valence-electron chi connectivity index (χ3n) is 5.38. The molecule has 2 aliphatic heterocycles. The Morgan fingerprint density at radius 1 is 1.23 bits per heavy atom. The molecule has 2 heterocycles. The number of nitrogens with zero attached hydrogens (tertiary/aromatic N) is 2. The molecule has 2 aromatic carbocycles. The quantitative estimate of drug-likeness (QED) is 0.307. The Kier molecular flexibility index (Phi) is 5.69. The van der Waals surface area contributed by atoms with E-state index in [2.05, 4.69) is 11.9 Å². The van der Waals surface area contributed by atoms with E-state index in [1.54, 1.807) is 24.3 Å². The Labute approximate surface area is 183 Å². The third-order valence-corrected chi connectivity index (χ3v) is 7.12. The Hall–Kier alpha value is -3.33. The number of thioether (sulfide) groups is 1. The number of hydrogen-bond acceptors (Lipinski definition) is 6. The second kappa shape index (κ2) is 8.43. The number of fused-ring (bicyclic) bond motifs is 1. The van der Waals surface area contributed by atoms with Gasteiger partial charge in [-0.25, -0.2) is 0 Å². The molecule has 0 saturated carbocycles. The van der Waals surface area contributed by atoms with Crippen LogP contribution in [0.3, 0.4) is 0 Å². The molecule has 8 nitrogen and oxygen atoms in total. The lowest BCUT2D eigenvalue weighted by molar-refractivity contribution is -0.528. The van der Waals surface area contributed by atoms with Crippen LogP contribution in [0, 0.1) is 10.1 Å². The first kappa shape index (κ1) is 20.9. The van der Waals surface area contributed by atoms with E-state index in [1.165, 1.54) is 4.90 Å². The number of para-hydroxylation sites is 1. The van der Waals surface area contributed by atoms with Gasteiger partial charge in [0.1, 0.15) is 17.2 Å². The molecular weight excluding hydrogens is 418 g/mol. The number of ether oxygens (including phenoxy) is 1. The van der Waals surface area contributed by atoms with Crippen molar-refractivity contribution in [2.24, 2.45) is 0 Å². The Morgan fingerprint density at radius 2 is 1.87 bits per heavy atom. The van der Waals surface area contributed by atoms with Gasteiger partial charge in [-0.2, -0.15) is 0 Å². The monoisotopic (exact) mass is 439 g/mol. The minimum atomic E-state index is -1.47. The zero-order chi connectivity index (χ0) is 22.0. The fourth-order valence-corrected chi connectivity index (χ4v) is 5.32. The average molecular weight is 439 g/mol. The molecule has 2 aromatic rings. The van der Waals surface area contributed by atoms with Gasteiger partial charge >= 0.3 is 0 Å². The summed E-state index contributed by atoms with van der Waals surface area (Å²) in [6.45, 7) is 3.77. The largest absolute Gasteiger partial charge is 0.484 e. The highest BCUT2D eigenvalue weighted by Gasteiger charge is 2.62. The molecule has 0 aromatic heterocycles. The number of carbonyl (C=O) groups is 2. The van der Waals surface area contributed by atoms with Crippen molar-refractivity contribution < 1.29 is 19.2 Å². The number of rotatable bonds is 7. The van der Waals surface area contributed by atoms with Crippen molar-refractivity contribution in [3.05, 3.63) is 88.5 Å². The molecule has 0 radical (unpaired) electrons. The van der Waals surface area contributed by atoms with E-state index >= 15 is 0 Å². The lowest BCUT2D eigenvalue weighted by Gasteiger charge is -2.52. The van der Waals surface area contributed by atoms with Crippen molar-refractivity contribution in [1.82, 2.24) is 10.2 Å². The second-order valence-corrected chi connectivity index (χ2v) is 8.82. The molecule has 160 valence electrons. The van der Waals surface area contributed by atoms with E-state index in [4.69, 9.17) is 4.74 Å². The Morgan fingerprint density at radius 3 is 2.52 bits per heavy atom. The van der Waals surface area contributed by atoms with Gasteiger partial charge in [0, 0.05) is 10.5 Å². The highest BCUT2D eigenvalue weighted by molar-refractivity contribution is 8.01. The molecule has 9 heteroatoms. The number of β-lactam (4-membered cyclic amide) rings is 1. The standard InChI is InChI=1S/C22H21N3O5S/c1-15-13-24-20(27)19(23-18(26)14-30-17-10-6-3-7-11-17)21(24)31-22(15,25(28)29)12-16-8-4-2-5-9-16/h2-11,19,21H,1,12-14H2,(H,23,26)/t19?,21-,22?/m1/s1. The predicted octanol–water partition coefficient (Wildman–Crippen LogP) is 2.24. The molecule has 31 heavy (non-hydrogen) atoms. The van der Waals surface area contributed by atoms with Crippen molar-refractivity contribution in [3.63, 3.8) is 0 Å². The van der Waals surface area contributed by atoms with Gasteiger partial charge in [-0.15, -0.1) is 0 Å². The molecule has 2 aliphatic rings. The Bertz CT molecular complexity index is 1020. The third kappa shape index (κ3) is 4.00. The van der Waals surface area contributed by atoms with Crippen LogP contribution in [-0.2, 0) is 16.0 Å². The first-order valence-corrected chi connectivity index (χ1v) is 10.6. The maximum atomic E-state index is 12.5. The number of carbonyl (C=O) groups excluding carboxylic acids is 2. The summed E-state index contributed by atoms with van der Waals surface area (Å²) in [5.41, 5.74) is 1.18. The normalized spacial score (nSPS) is 24.7. The summed E-state index contributed by atoms with van der Waals surface area (Å²) in [6.07, 6.45) is 0.153. The molecule has 2 fully saturated rings. The minimum absolute atomic E-state index is 0.0944. The van der Waals surface area contributed by atoms with E-state index in [-0.39, 0.29) is 30.4 Å². The van der Waals surface area contributed by atoms with Gasteiger partial charge in [0.2, 0.25) is 5.91 Å². The first-order valence-electron chi connectivity index (χ1n) is 9.73. The first-order chi connectivity index (χ1) is 14.9. The minimum Gasteiger partial charge on any atom is -0.484 e. The summed E-state index contributed by atoms with van der Waals surface area (Å²) in [5, 5.41) is 14.3. The smallest absolute Gasteiger partial charge is 0.295 e. The molecule has 0 spiro atoms. The number of benzene rings is 2. The van der Waals surface area contributed by atoms with Gasteiger partial charge in [-0.1, -0.05) is 55.1 Å². The number of hydrogen-bond donors (Lipinski definition) is 1.